The Bertz CT molecular complexity index is 982. The van der Waals surface area contributed by atoms with E-state index in [0.717, 1.165) is 12.0 Å². The van der Waals surface area contributed by atoms with Crippen LogP contribution in [0, 0.1) is 5.82 Å². The standard InChI is InChI=1S/C18H16ClFN4O2S/c19-14-7-11(8-15-16(14)26-6-2-5-25-15)10-27-18-23-22-17(24(18)21)12-3-1-4-13(20)9-12/h1,3-4,7-9H,2,5-6,10,21H2. The largest absolute Gasteiger partial charge is 0.489 e. The third-order valence-corrected chi connectivity index (χ3v) is 5.27. The quantitative estimate of drug-likeness (QED) is 0.523. The fourth-order valence-electron chi connectivity index (χ4n) is 2.72. The Labute approximate surface area is 164 Å². The van der Waals surface area contributed by atoms with E-state index in [-0.39, 0.29) is 5.82 Å². The van der Waals surface area contributed by atoms with E-state index in [4.69, 9.17) is 26.9 Å². The Kier molecular flexibility index (Phi) is 5.09. The molecule has 2 aromatic carbocycles. The highest BCUT2D eigenvalue weighted by molar-refractivity contribution is 7.98. The first-order valence-corrected chi connectivity index (χ1v) is 9.65. The molecule has 1 aromatic heterocycles. The van der Waals surface area contributed by atoms with Crippen molar-refractivity contribution in [2.45, 2.75) is 17.3 Å². The maximum absolute atomic E-state index is 13.4. The van der Waals surface area contributed by atoms with Crippen molar-refractivity contribution < 1.29 is 13.9 Å². The molecule has 6 nitrogen and oxygen atoms in total. The van der Waals surface area contributed by atoms with E-state index in [2.05, 4.69) is 10.2 Å². The molecule has 0 radical (unpaired) electrons. The molecule has 0 amide bonds. The summed E-state index contributed by atoms with van der Waals surface area (Å²) in [6, 6.07) is 9.81. The molecule has 0 spiro atoms. The molecule has 2 N–H and O–H groups in total. The molecule has 1 aliphatic heterocycles. The zero-order chi connectivity index (χ0) is 18.8. The van der Waals surface area contributed by atoms with E-state index in [1.165, 1.54) is 28.6 Å². The van der Waals surface area contributed by atoms with Crippen molar-refractivity contribution in [1.82, 2.24) is 14.9 Å². The zero-order valence-corrected chi connectivity index (χ0v) is 15.8. The van der Waals surface area contributed by atoms with Crippen molar-refractivity contribution in [3.8, 4) is 22.9 Å². The van der Waals surface area contributed by atoms with Gasteiger partial charge in [-0.3, -0.25) is 0 Å². The van der Waals surface area contributed by atoms with Gasteiger partial charge in [0, 0.05) is 17.7 Å². The SMILES string of the molecule is Nn1c(SCc2cc(Cl)c3c(c2)OCCCO3)nnc1-c1cccc(F)c1. The second-order valence-electron chi connectivity index (χ2n) is 5.93. The van der Waals surface area contributed by atoms with E-state index >= 15 is 0 Å². The van der Waals surface area contributed by atoms with Gasteiger partial charge in [0.25, 0.3) is 0 Å². The topological polar surface area (TPSA) is 75.2 Å². The molecule has 0 saturated carbocycles. The van der Waals surface area contributed by atoms with Crippen molar-refractivity contribution in [2.75, 3.05) is 19.1 Å². The highest BCUT2D eigenvalue weighted by Gasteiger charge is 2.17. The number of nitrogens with two attached hydrogens (primary N) is 1. The molecule has 3 aromatic rings. The minimum atomic E-state index is -0.355. The molecule has 9 heteroatoms. The number of aromatic nitrogens is 3. The molecule has 4 rings (SSSR count). The third-order valence-electron chi connectivity index (χ3n) is 3.98. The van der Waals surface area contributed by atoms with Crippen LogP contribution in [0.4, 0.5) is 4.39 Å². The van der Waals surface area contributed by atoms with E-state index in [0.29, 0.717) is 52.0 Å². The lowest BCUT2D eigenvalue weighted by atomic mass is 10.2. The molecule has 0 saturated heterocycles. The van der Waals surface area contributed by atoms with Gasteiger partial charge in [-0.05, 0) is 29.8 Å². The molecule has 2 heterocycles. The molecule has 0 atom stereocenters. The number of ether oxygens (including phenoxy) is 2. The van der Waals surface area contributed by atoms with Crippen LogP contribution in [-0.4, -0.2) is 28.1 Å². The summed E-state index contributed by atoms with van der Waals surface area (Å²) in [6.45, 7) is 1.17. The summed E-state index contributed by atoms with van der Waals surface area (Å²) >= 11 is 7.72. The number of halogens is 2. The molecule has 0 fully saturated rings. The van der Waals surface area contributed by atoms with Crippen LogP contribution in [0.3, 0.4) is 0 Å². The predicted octanol–water partition coefficient (Wildman–Crippen LogP) is 3.91. The van der Waals surface area contributed by atoms with E-state index < -0.39 is 0 Å². The van der Waals surface area contributed by atoms with Crippen molar-refractivity contribution in [2.24, 2.45) is 0 Å². The summed E-state index contributed by atoms with van der Waals surface area (Å²) in [5.41, 5.74) is 1.51. The van der Waals surface area contributed by atoms with Crippen LogP contribution in [0.15, 0.2) is 41.6 Å². The summed E-state index contributed by atoms with van der Waals surface area (Å²) in [7, 11) is 0. The van der Waals surface area contributed by atoms with Crippen molar-refractivity contribution >= 4 is 23.4 Å². The first-order chi connectivity index (χ1) is 13.1. The third kappa shape index (κ3) is 3.81. The molecule has 1 aliphatic rings. The average molecular weight is 407 g/mol. The maximum Gasteiger partial charge on any atom is 0.210 e. The molecule has 27 heavy (non-hydrogen) atoms. The average Bonchev–Trinajstić information content (AvgIpc) is 2.86. The van der Waals surface area contributed by atoms with E-state index in [9.17, 15) is 4.39 Å². The van der Waals surface area contributed by atoms with Gasteiger partial charge in [0.2, 0.25) is 5.16 Å². The van der Waals surface area contributed by atoms with Crippen LogP contribution in [0.1, 0.15) is 12.0 Å². The monoisotopic (exact) mass is 406 g/mol. The predicted molar refractivity (Wildman–Crippen MR) is 102 cm³/mol. The van der Waals surface area contributed by atoms with Crippen LogP contribution >= 0.6 is 23.4 Å². The van der Waals surface area contributed by atoms with Crippen LogP contribution < -0.4 is 15.3 Å². The van der Waals surface area contributed by atoms with Gasteiger partial charge in [0.05, 0.1) is 18.2 Å². The van der Waals surface area contributed by atoms with Gasteiger partial charge in [0.1, 0.15) is 5.82 Å². The fraction of sp³-hybridized carbons (Fsp3) is 0.222. The van der Waals surface area contributed by atoms with Gasteiger partial charge in [-0.2, -0.15) is 0 Å². The molecule has 0 aliphatic carbocycles. The highest BCUT2D eigenvalue weighted by atomic mass is 35.5. The Balaban J connectivity index is 1.53. The van der Waals surface area contributed by atoms with Gasteiger partial charge in [-0.25, -0.2) is 9.07 Å². The van der Waals surface area contributed by atoms with Crippen LogP contribution in [0.2, 0.25) is 5.02 Å². The second kappa shape index (κ2) is 7.66. The second-order valence-corrected chi connectivity index (χ2v) is 7.28. The number of fused-ring (bicyclic) bond motifs is 1. The molecule has 0 bridgehead atoms. The van der Waals surface area contributed by atoms with E-state index in [1.54, 1.807) is 12.1 Å². The van der Waals surface area contributed by atoms with Gasteiger partial charge >= 0.3 is 0 Å². The normalized spacial score (nSPS) is 13.4. The Morgan fingerprint density at radius 3 is 2.89 bits per heavy atom. The lowest BCUT2D eigenvalue weighted by molar-refractivity contribution is 0.297. The molecule has 0 unspecified atom stereocenters. The smallest absolute Gasteiger partial charge is 0.210 e. The van der Waals surface area contributed by atoms with Gasteiger partial charge < -0.3 is 15.3 Å². The summed E-state index contributed by atoms with van der Waals surface area (Å²) in [6.07, 6.45) is 0.814. The molecule has 140 valence electrons. The Hall–Kier alpha value is -2.45. The van der Waals surface area contributed by atoms with Gasteiger partial charge in [-0.1, -0.05) is 35.5 Å². The van der Waals surface area contributed by atoms with Crippen LogP contribution in [-0.2, 0) is 5.75 Å². The fourth-order valence-corrected chi connectivity index (χ4v) is 3.79. The Morgan fingerprint density at radius 2 is 2.04 bits per heavy atom. The summed E-state index contributed by atoms with van der Waals surface area (Å²) in [5, 5.41) is 9.20. The minimum absolute atomic E-state index is 0.355. The highest BCUT2D eigenvalue weighted by Crippen LogP contribution is 2.39. The lowest BCUT2D eigenvalue weighted by Crippen LogP contribution is -2.11. The lowest BCUT2D eigenvalue weighted by Gasteiger charge is -2.11. The zero-order valence-electron chi connectivity index (χ0n) is 14.2. The van der Waals surface area contributed by atoms with Gasteiger partial charge in [0.15, 0.2) is 17.3 Å². The van der Waals surface area contributed by atoms with Crippen molar-refractivity contribution in [1.29, 1.82) is 0 Å². The first kappa shape index (κ1) is 17.9. The number of hydrogen-bond acceptors (Lipinski definition) is 6. The van der Waals surface area contributed by atoms with Crippen molar-refractivity contribution in [3.05, 3.63) is 52.8 Å². The summed E-state index contributed by atoms with van der Waals surface area (Å²) < 4.78 is 26.1. The number of rotatable bonds is 4. The van der Waals surface area contributed by atoms with Gasteiger partial charge in [-0.15, -0.1) is 10.2 Å². The summed E-state index contributed by atoms with van der Waals surface area (Å²) in [5.74, 6) is 7.92. The summed E-state index contributed by atoms with van der Waals surface area (Å²) in [4.78, 5) is 0. The minimum Gasteiger partial charge on any atom is -0.489 e. The van der Waals surface area contributed by atoms with E-state index in [1.807, 2.05) is 12.1 Å². The molecular formula is C18H16ClFN4O2S. The number of hydrogen-bond donors (Lipinski definition) is 1. The van der Waals surface area contributed by atoms with Crippen LogP contribution in [0.25, 0.3) is 11.4 Å². The maximum atomic E-state index is 13.4. The van der Waals surface area contributed by atoms with Crippen LogP contribution in [0.5, 0.6) is 11.5 Å². The number of benzene rings is 2. The number of nitrogens with zero attached hydrogens (tertiary/aromatic N) is 3. The Morgan fingerprint density at radius 1 is 1.19 bits per heavy atom. The van der Waals surface area contributed by atoms with Crippen molar-refractivity contribution in [3.63, 3.8) is 0 Å². The number of nitrogen functional groups attached to an aromatic ring is 1. The first-order valence-electron chi connectivity index (χ1n) is 8.29. The molecular weight excluding hydrogens is 391 g/mol. The number of thioether (sulfide) groups is 1.